The van der Waals surface area contributed by atoms with Crippen molar-refractivity contribution < 1.29 is 4.79 Å². The molecule has 2 unspecified atom stereocenters. The predicted molar refractivity (Wildman–Crippen MR) is 66.4 cm³/mol. The molecular weight excluding hydrogens is 202 g/mol. The molecule has 1 amide bonds. The van der Waals surface area contributed by atoms with Crippen LogP contribution in [-0.2, 0) is 4.79 Å². The molecule has 0 aromatic carbocycles. The third kappa shape index (κ3) is 3.46. The maximum absolute atomic E-state index is 12.1. The molecule has 1 saturated heterocycles. The number of nitrogens with one attached hydrogen (secondary N) is 1. The minimum atomic E-state index is 0.247. The summed E-state index contributed by atoms with van der Waals surface area (Å²) >= 11 is 0. The molecule has 4 heteroatoms. The second-order valence-electron chi connectivity index (χ2n) is 5.40. The number of carbonyl (C=O) groups excluding carboxylic acids is 1. The molecule has 0 aromatic rings. The highest BCUT2D eigenvalue weighted by atomic mass is 16.2. The predicted octanol–water partition coefficient (Wildman–Crippen LogP) is 0.393. The minimum absolute atomic E-state index is 0.247. The van der Waals surface area contributed by atoms with Gasteiger partial charge in [-0.05, 0) is 26.9 Å². The number of piperazine rings is 1. The van der Waals surface area contributed by atoms with Crippen LogP contribution in [0.4, 0.5) is 0 Å². The molecule has 0 bridgehead atoms. The average Bonchev–Trinajstić information content (AvgIpc) is 2.15. The van der Waals surface area contributed by atoms with Crippen molar-refractivity contribution in [1.29, 1.82) is 0 Å². The van der Waals surface area contributed by atoms with Gasteiger partial charge in [-0.15, -0.1) is 0 Å². The van der Waals surface area contributed by atoms with E-state index in [4.69, 9.17) is 0 Å². The molecule has 0 aromatic heterocycles. The smallest absolute Gasteiger partial charge is 0.237 e. The van der Waals surface area contributed by atoms with Gasteiger partial charge in [-0.3, -0.25) is 4.79 Å². The van der Waals surface area contributed by atoms with Crippen LogP contribution in [0.3, 0.4) is 0 Å². The molecule has 0 saturated carbocycles. The highest BCUT2D eigenvalue weighted by Crippen LogP contribution is 2.15. The lowest BCUT2D eigenvalue weighted by molar-refractivity contribution is -0.136. The summed E-state index contributed by atoms with van der Waals surface area (Å²) in [7, 11) is 3.88. The second kappa shape index (κ2) is 5.64. The third-order valence-electron chi connectivity index (χ3n) is 3.09. The van der Waals surface area contributed by atoms with Gasteiger partial charge in [0.25, 0.3) is 0 Å². The topological polar surface area (TPSA) is 35.6 Å². The number of carbonyl (C=O) groups is 1. The average molecular weight is 227 g/mol. The third-order valence-corrected chi connectivity index (χ3v) is 3.09. The quantitative estimate of drug-likeness (QED) is 0.758. The van der Waals surface area contributed by atoms with Crippen LogP contribution in [0.2, 0.25) is 0 Å². The standard InChI is InChI=1S/C12H25N3O/c1-9(2)11-6-13-10(3)7-15(11)12(16)8-14(4)5/h9-11,13H,6-8H2,1-5H3. The van der Waals surface area contributed by atoms with E-state index in [1.807, 2.05) is 23.9 Å². The number of hydrogen-bond donors (Lipinski definition) is 1. The summed E-state index contributed by atoms with van der Waals surface area (Å²) in [6.45, 7) is 8.74. The van der Waals surface area contributed by atoms with Gasteiger partial charge in [-0.2, -0.15) is 0 Å². The zero-order valence-electron chi connectivity index (χ0n) is 11.2. The highest BCUT2D eigenvalue weighted by molar-refractivity contribution is 5.78. The Hall–Kier alpha value is -0.610. The lowest BCUT2D eigenvalue weighted by Crippen LogP contribution is -2.60. The van der Waals surface area contributed by atoms with Crippen LogP contribution < -0.4 is 5.32 Å². The summed E-state index contributed by atoms with van der Waals surface area (Å²) in [5.41, 5.74) is 0. The van der Waals surface area contributed by atoms with Crippen molar-refractivity contribution in [1.82, 2.24) is 15.1 Å². The van der Waals surface area contributed by atoms with Gasteiger partial charge in [0.05, 0.1) is 6.54 Å². The molecule has 1 N–H and O–H groups in total. The summed E-state index contributed by atoms with van der Waals surface area (Å²) in [5.74, 6) is 0.753. The molecule has 1 aliphatic rings. The van der Waals surface area contributed by atoms with Crippen molar-refractivity contribution in [3.8, 4) is 0 Å². The fraction of sp³-hybridized carbons (Fsp3) is 0.917. The molecule has 0 spiro atoms. The molecule has 16 heavy (non-hydrogen) atoms. The normalized spacial score (nSPS) is 26.6. The van der Waals surface area contributed by atoms with Crippen molar-refractivity contribution in [2.45, 2.75) is 32.9 Å². The van der Waals surface area contributed by atoms with Crippen molar-refractivity contribution in [2.75, 3.05) is 33.7 Å². The largest absolute Gasteiger partial charge is 0.336 e. The Bertz CT molecular complexity index is 240. The number of hydrogen-bond acceptors (Lipinski definition) is 3. The molecular formula is C12H25N3O. The Morgan fingerprint density at radius 1 is 1.50 bits per heavy atom. The molecule has 0 aliphatic carbocycles. The monoisotopic (exact) mass is 227 g/mol. The molecule has 4 nitrogen and oxygen atoms in total. The lowest BCUT2D eigenvalue weighted by Gasteiger charge is -2.42. The van der Waals surface area contributed by atoms with Crippen LogP contribution in [0.25, 0.3) is 0 Å². The van der Waals surface area contributed by atoms with Crippen LogP contribution in [0.15, 0.2) is 0 Å². The molecule has 94 valence electrons. The SMILES string of the molecule is CC1CN(C(=O)CN(C)C)C(C(C)C)CN1. The van der Waals surface area contributed by atoms with E-state index < -0.39 is 0 Å². The number of nitrogens with zero attached hydrogens (tertiary/aromatic N) is 2. The van der Waals surface area contributed by atoms with Gasteiger partial charge in [0.1, 0.15) is 0 Å². The Labute approximate surface area is 99.0 Å². The van der Waals surface area contributed by atoms with Crippen molar-refractivity contribution in [3.05, 3.63) is 0 Å². The molecule has 1 fully saturated rings. The first-order valence-corrected chi connectivity index (χ1v) is 6.09. The first kappa shape index (κ1) is 13.5. The lowest BCUT2D eigenvalue weighted by atomic mass is 9.98. The number of rotatable bonds is 3. The molecule has 0 radical (unpaired) electrons. The maximum atomic E-state index is 12.1. The molecule has 2 atom stereocenters. The molecule has 1 rings (SSSR count). The van der Waals surface area contributed by atoms with Gasteiger partial charge in [0.2, 0.25) is 5.91 Å². The van der Waals surface area contributed by atoms with E-state index in [1.54, 1.807) is 0 Å². The first-order chi connectivity index (χ1) is 7.41. The van der Waals surface area contributed by atoms with Crippen molar-refractivity contribution >= 4 is 5.91 Å². The van der Waals surface area contributed by atoms with E-state index in [1.165, 1.54) is 0 Å². The van der Waals surface area contributed by atoms with Crippen LogP contribution in [-0.4, -0.2) is 61.5 Å². The van der Waals surface area contributed by atoms with Crippen molar-refractivity contribution in [2.24, 2.45) is 5.92 Å². The van der Waals surface area contributed by atoms with E-state index in [0.29, 0.717) is 24.5 Å². The fourth-order valence-corrected chi connectivity index (χ4v) is 2.17. The minimum Gasteiger partial charge on any atom is -0.336 e. The Morgan fingerprint density at radius 3 is 2.62 bits per heavy atom. The van der Waals surface area contributed by atoms with Crippen molar-refractivity contribution in [3.63, 3.8) is 0 Å². The van der Waals surface area contributed by atoms with Gasteiger partial charge < -0.3 is 15.1 Å². The number of amides is 1. The zero-order chi connectivity index (χ0) is 12.3. The molecule has 1 heterocycles. The summed E-state index contributed by atoms with van der Waals surface area (Å²) in [5, 5.41) is 3.44. The summed E-state index contributed by atoms with van der Waals surface area (Å²) in [4.78, 5) is 16.1. The number of likely N-dealkylation sites (N-methyl/N-ethyl adjacent to an activating group) is 1. The van der Waals surface area contributed by atoms with Crippen LogP contribution in [0, 0.1) is 5.92 Å². The first-order valence-electron chi connectivity index (χ1n) is 6.09. The highest BCUT2D eigenvalue weighted by Gasteiger charge is 2.31. The maximum Gasteiger partial charge on any atom is 0.237 e. The van der Waals surface area contributed by atoms with Gasteiger partial charge in [-0.25, -0.2) is 0 Å². The van der Waals surface area contributed by atoms with E-state index >= 15 is 0 Å². The Kier molecular flexibility index (Phi) is 4.74. The second-order valence-corrected chi connectivity index (χ2v) is 5.40. The Morgan fingerprint density at radius 2 is 2.12 bits per heavy atom. The van der Waals surface area contributed by atoms with Gasteiger partial charge in [0, 0.05) is 25.2 Å². The van der Waals surface area contributed by atoms with E-state index in [2.05, 4.69) is 26.1 Å². The van der Waals surface area contributed by atoms with Crippen LogP contribution in [0.1, 0.15) is 20.8 Å². The Balaban J connectivity index is 2.67. The summed E-state index contributed by atoms with van der Waals surface area (Å²) < 4.78 is 0. The van der Waals surface area contributed by atoms with E-state index in [0.717, 1.165) is 13.1 Å². The van der Waals surface area contributed by atoms with E-state index in [-0.39, 0.29) is 5.91 Å². The van der Waals surface area contributed by atoms with E-state index in [9.17, 15) is 4.79 Å². The zero-order valence-corrected chi connectivity index (χ0v) is 11.2. The van der Waals surface area contributed by atoms with Gasteiger partial charge >= 0.3 is 0 Å². The molecule has 1 aliphatic heterocycles. The van der Waals surface area contributed by atoms with Crippen LogP contribution in [0.5, 0.6) is 0 Å². The van der Waals surface area contributed by atoms with Gasteiger partial charge in [0.15, 0.2) is 0 Å². The summed E-state index contributed by atoms with van der Waals surface area (Å²) in [6.07, 6.45) is 0. The fourth-order valence-electron chi connectivity index (χ4n) is 2.17. The van der Waals surface area contributed by atoms with Gasteiger partial charge in [-0.1, -0.05) is 13.8 Å². The van der Waals surface area contributed by atoms with Crippen LogP contribution >= 0.6 is 0 Å². The summed E-state index contributed by atoms with van der Waals surface area (Å²) in [6, 6.07) is 0.741.